The lowest BCUT2D eigenvalue weighted by molar-refractivity contribution is -0.134. The molecule has 0 aromatic carbocycles. The van der Waals surface area contributed by atoms with Crippen LogP contribution in [0, 0.1) is 5.92 Å². The third kappa shape index (κ3) is 2.82. The first-order valence-corrected chi connectivity index (χ1v) is 8.39. The van der Waals surface area contributed by atoms with Gasteiger partial charge in [-0.3, -0.25) is 4.79 Å². The number of aryl methyl sites for hydroxylation is 1. The van der Waals surface area contributed by atoms with Crippen LogP contribution in [-0.4, -0.2) is 49.4 Å². The number of carbonyl (C=O) groups is 1. The van der Waals surface area contributed by atoms with Gasteiger partial charge in [-0.1, -0.05) is 24.6 Å². The van der Waals surface area contributed by atoms with E-state index in [-0.39, 0.29) is 5.91 Å². The van der Waals surface area contributed by atoms with Crippen molar-refractivity contribution in [1.82, 2.24) is 25.1 Å². The van der Waals surface area contributed by atoms with Crippen LogP contribution in [0.15, 0.2) is 5.16 Å². The lowest BCUT2D eigenvalue weighted by Crippen LogP contribution is -2.50. The van der Waals surface area contributed by atoms with Crippen LogP contribution in [-0.2, 0) is 11.8 Å². The monoisotopic (exact) mass is 295 g/mol. The number of hydrogen-bond donors (Lipinski definition) is 0. The summed E-state index contributed by atoms with van der Waals surface area (Å²) in [7, 11) is 1.80. The van der Waals surface area contributed by atoms with Crippen molar-refractivity contribution in [2.45, 2.75) is 49.7 Å². The number of hydrogen-bond acceptors (Lipinski definition) is 5. The SMILES string of the molecule is Cn1nnnc1SCC(=O)N1CCC[C@H]2CCCC[C@H]21. The zero-order valence-electron chi connectivity index (χ0n) is 11.9. The van der Waals surface area contributed by atoms with E-state index in [2.05, 4.69) is 20.4 Å². The fourth-order valence-corrected chi connectivity index (χ4v) is 4.22. The summed E-state index contributed by atoms with van der Waals surface area (Å²) >= 11 is 1.43. The zero-order valence-corrected chi connectivity index (χ0v) is 12.7. The van der Waals surface area contributed by atoms with Crippen molar-refractivity contribution in [3.63, 3.8) is 0 Å². The van der Waals surface area contributed by atoms with Gasteiger partial charge < -0.3 is 4.90 Å². The molecule has 0 spiro atoms. The van der Waals surface area contributed by atoms with Crippen LogP contribution in [0.25, 0.3) is 0 Å². The molecular formula is C13H21N5OS. The summed E-state index contributed by atoms with van der Waals surface area (Å²) in [5.41, 5.74) is 0. The largest absolute Gasteiger partial charge is 0.339 e. The van der Waals surface area contributed by atoms with Gasteiger partial charge in [0.2, 0.25) is 11.1 Å². The first-order valence-electron chi connectivity index (χ1n) is 7.40. The molecule has 1 aliphatic carbocycles. The molecule has 6 nitrogen and oxygen atoms in total. The van der Waals surface area contributed by atoms with Crippen molar-refractivity contribution >= 4 is 17.7 Å². The predicted octanol–water partition coefficient (Wildman–Crippen LogP) is 1.48. The Kier molecular flexibility index (Phi) is 4.24. The zero-order chi connectivity index (χ0) is 13.9. The Hall–Kier alpha value is -1.11. The van der Waals surface area contributed by atoms with Crippen LogP contribution in [0.3, 0.4) is 0 Å². The molecule has 0 radical (unpaired) electrons. The summed E-state index contributed by atoms with van der Waals surface area (Å²) < 4.78 is 1.61. The van der Waals surface area contributed by atoms with E-state index in [4.69, 9.17) is 0 Å². The van der Waals surface area contributed by atoms with Gasteiger partial charge in [0.25, 0.3) is 0 Å². The molecule has 0 unspecified atom stereocenters. The molecule has 0 N–H and O–H groups in total. The standard InChI is InChI=1S/C13H21N5OS/c1-17-13(14-15-16-17)20-9-12(19)18-8-4-6-10-5-2-3-7-11(10)18/h10-11H,2-9H2,1H3/t10-,11-/m1/s1. The van der Waals surface area contributed by atoms with Crippen molar-refractivity contribution in [3.8, 4) is 0 Å². The van der Waals surface area contributed by atoms with Crippen molar-refractivity contribution in [1.29, 1.82) is 0 Å². The van der Waals surface area contributed by atoms with E-state index >= 15 is 0 Å². The fraction of sp³-hybridized carbons (Fsp3) is 0.846. The van der Waals surface area contributed by atoms with Gasteiger partial charge in [0.1, 0.15) is 0 Å². The summed E-state index contributed by atoms with van der Waals surface area (Å²) in [6, 6.07) is 0.489. The Labute approximate surface area is 123 Å². The van der Waals surface area contributed by atoms with Gasteiger partial charge >= 0.3 is 0 Å². The molecule has 1 aromatic heterocycles. The number of aromatic nitrogens is 4. The van der Waals surface area contributed by atoms with Gasteiger partial charge in [-0.15, -0.1) is 5.10 Å². The van der Waals surface area contributed by atoms with Gasteiger partial charge in [0, 0.05) is 19.6 Å². The number of rotatable bonds is 3. The van der Waals surface area contributed by atoms with Crippen LogP contribution < -0.4 is 0 Å². The van der Waals surface area contributed by atoms with E-state index in [0.717, 1.165) is 18.9 Å². The summed E-state index contributed by atoms with van der Waals surface area (Å²) in [5.74, 6) is 1.43. The Morgan fingerprint density at radius 1 is 1.30 bits per heavy atom. The molecule has 3 rings (SSSR count). The number of carbonyl (C=O) groups excluding carboxylic acids is 1. The number of piperidine rings is 1. The highest BCUT2D eigenvalue weighted by Crippen LogP contribution is 2.35. The molecule has 1 saturated carbocycles. The third-order valence-corrected chi connectivity index (χ3v) is 5.46. The van der Waals surface area contributed by atoms with Gasteiger partial charge in [0.15, 0.2) is 0 Å². The molecule has 1 aromatic rings. The van der Waals surface area contributed by atoms with Gasteiger partial charge in [-0.05, 0) is 42.0 Å². The molecule has 1 aliphatic heterocycles. The molecule has 2 aliphatic rings. The van der Waals surface area contributed by atoms with E-state index in [1.54, 1.807) is 11.7 Å². The lowest BCUT2D eigenvalue weighted by Gasteiger charge is -2.44. The van der Waals surface area contributed by atoms with Crippen LogP contribution in [0.1, 0.15) is 38.5 Å². The molecule has 0 bridgehead atoms. The smallest absolute Gasteiger partial charge is 0.233 e. The minimum Gasteiger partial charge on any atom is -0.339 e. The van der Waals surface area contributed by atoms with Gasteiger partial charge in [0.05, 0.1) is 5.75 Å². The first-order chi connectivity index (χ1) is 9.75. The summed E-state index contributed by atoms with van der Waals surface area (Å²) in [6.45, 7) is 0.928. The minimum atomic E-state index is 0.245. The average Bonchev–Trinajstić information content (AvgIpc) is 2.89. The molecular weight excluding hydrogens is 274 g/mol. The number of amides is 1. The van der Waals surface area contributed by atoms with Gasteiger partial charge in [-0.25, -0.2) is 4.68 Å². The van der Waals surface area contributed by atoms with E-state index in [0.29, 0.717) is 17.0 Å². The normalized spacial score (nSPS) is 26.4. The number of likely N-dealkylation sites (tertiary alicyclic amines) is 1. The van der Waals surface area contributed by atoms with Crippen molar-refractivity contribution in [3.05, 3.63) is 0 Å². The molecule has 110 valence electrons. The summed E-state index contributed by atoms with van der Waals surface area (Å²) in [6.07, 6.45) is 7.55. The number of fused-ring (bicyclic) bond motifs is 1. The second kappa shape index (κ2) is 6.11. The minimum absolute atomic E-state index is 0.245. The number of thioether (sulfide) groups is 1. The van der Waals surface area contributed by atoms with Crippen molar-refractivity contribution in [2.24, 2.45) is 13.0 Å². The number of tetrazole rings is 1. The van der Waals surface area contributed by atoms with Crippen LogP contribution in [0.4, 0.5) is 0 Å². The summed E-state index contributed by atoms with van der Waals surface area (Å²) in [5, 5.41) is 12.0. The molecule has 2 atom stereocenters. The molecule has 2 heterocycles. The first kappa shape index (κ1) is 13.9. The molecule has 1 saturated heterocycles. The van der Waals surface area contributed by atoms with E-state index < -0.39 is 0 Å². The fourth-order valence-electron chi connectivity index (χ4n) is 3.49. The topological polar surface area (TPSA) is 63.9 Å². The van der Waals surface area contributed by atoms with Gasteiger partial charge in [-0.2, -0.15) is 0 Å². The second-order valence-corrected chi connectivity index (χ2v) is 6.66. The highest BCUT2D eigenvalue weighted by molar-refractivity contribution is 7.99. The summed E-state index contributed by atoms with van der Waals surface area (Å²) in [4.78, 5) is 14.6. The Bertz CT molecular complexity index is 475. The third-order valence-electron chi connectivity index (χ3n) is 4.47. The highest BCUT2D eigenvalue weighted by atomic mass is 32.2. The average molecular weight is 295 g/mol. The van der Waals surface area contributed by atoms with Crippen LogP contribution in [0.2, 0.25) is 0 Å². The quantitative estimate of drug-likeness (QED) is 0.790. The lowest BCUT2D eigenvalue weighted by atomic mass is 9.78. The van der Waals surface area contributed by atoms with E-state index in [1.807, 2.05) is 0 Å². The Balaban J connectivity index is 1.59. The Morgan fingerprint density at radius 3 is 2.90 bits per heavy atom. The molecule has 20 heavy (non-hydrogen) atoms. The predicted molar refractivity (Wildman–Crippen MR) is 76.2 cm³/mol. The number of nitrogens with zero attached hydrogens (tertiary/aromatic N) is 5. The Morgan fingerprint density at radius 2 is 2.10 bits per heavy atom. The molecule has 7 heteroatoms. The van der Waals surface area contributed by atoms with Crippen molar-refractivity contribution < 1.29 is 4.79 Å². The maximum atomic E-state index is 12.5. The maximum Gasteiger partial charge on any atom is 0.233 e. The maximum absolute atomic E-state index is 12.5. The van der Waals surface area contributed by atoms with Crippen molar-refractivity contribution in [2.75, 3.05) is 12.3 Å². The molecule has 1 amide bonds. The van der Waals surface area contributed by atoms with E-state index in [1.165, 1.54) is 43.9 Å². The second-order valence-electron chi connectivity index (χ2n) is 5.71. The van der Waals surface area contributed by atoms with Crippen LogP contribution in [0.5, 0.6) is 0 Å². The molecule has 2 fully saturated rings. The van der Waals surface area contributed by atoms with E-state index in [9.17, 15) is 4.79 Å². The van der Waals surface area contributed by atoms with Crippen LogP contribution >= 0.6 is 11.8 Å². The highest BCUT2D eigenvalue weighted by Gasteiger charge is 2.35.